The molecule has 2 amide bonds. The molecule has 0 spiro atoms. The highest BCUT2D eigenvalue weighted by Crippen LogP contribution is 2.24. The number of nitrogens with one attached hydrogen (secondary N) is 1. The third-order valence-electron chi connectivity index (χ3n) is 3.94. The fourth-order valence-corrected chi connectivity index (χ4v) is 2.68. The molecule has 1 heterocycles. The number of nitrogens with zero attached hydrogens (tertiary/aromatic N) is 1. The largest absolute Gasteiger partial charge is 0.352 e. The highest BCUT2D eigenvalue weighted by Gasteiger charge is 2.34. The molecule has 0 aromatic heterocycles. The number of para-hydroxylation sites is 1. The van der Waals surface area contributed by atoms with Gasteiger partial charge in [0, 0.05) is 25.2 Å². The predicted molar refractivity (Wildman–Crippen MR) is 85.1 cm³/mol. The monoisotopic (exact) mass is 312 g/mol. The zero-order chi connectivity index (χ0) is 16.2. The van der Waals surface area contributed by atoms with Crippen LogP contribution in [-0.4, -0.2) is 18.4 Å². The van der Waals surface area contributed by atoms with Crippen molar-refractivity contribution < 1.29 is 14.0 Å². The van der Waals surface area contributed by atoms with Crippen molar-refractivity contribution in [3.8, 4) is 0 Å². The van der Waals surface area contributed by atoms with Crippen LogP contribution in [0, 0.1) is 11.7 Å². The van der Waals surface area contributed by atoms with Crippen molar-refractivity contribution in [3.05, 3.63) is 66.0 Å². The Morgan fingerprint density at radius 2 is 1.83 bits per heavy atom. The first kappa shape index (κ1) is 15.2. The fraction of sp³-hybridized carbons (Fsp3) is 0.222. The molecular weight excluding hydrogens is 295 g/mol. The van der Waals surface area contributed by atoms with Crippen LogP contribution in [0.3, 0.4) is 0 Å². The van der Waals surface area contributed by atoms with Gasteiger partial charge < -0.3 is 10.2 Å². The average molecular weight is 312 g/mol. The summed E-state index contributed by atoms with van der Waals surface area (Å²) >= 11 is 0. The molecule has 1 aliphatic rings. The Labute approximate surface area is 133 Å². The number of carbonyl (C=O) groups excluding carboxylic acids is 2. The molecule has 5 heteroatoms. The molecule has 3 rings (SSSR count). The minimum atomic E-state index is -0.358. The number of benzene rings is 2. The van der Waals surface area contributed by atoms with Gasteiger partial charge in [0.05, 0.1) is 5.92 Å². The van der Waals surface area contributed by atoms with Crippen LogP contribution in [0.2, 0.25) is 0 Å². The van der Waals surface area contributed by atoms with Crippen LogP contribution in [0.5, 0.6) is 0 Å². The summed E-state index contributed by atoms with van der Waals surface area (Å²) in [7, 11) is 0. The summed E-state index contributed by atoms with van der Waals surface area (Å²) in [6.45, 7) is 0.716. The Kier molecular flexibility index (Phi) is 4.37. The van der Waals surface area contributed by atoms with Gasteiger partial charge in [-0.3, -0.25) is 9.59 Å². The molecule has 0 aliphatic carbocycles. The van der Waals surface area contributed by atoms with Crippen LogP contribution in [0.1, 0.15) is 12.0 Å². The molecule has 0 unspecified atom stereocenters. The maximum Gasteiger partial charge on any atom is 0.227 e. The number of hydrogen-bond donors (Lipinski definition) is 1. The van der Waals surface area contributed by atoms with Crippen LogP contribution in [0.4, 0.5) is 10.1 Å². The molecule has 1 saturated heterocycles. The van der Waals surface area contributed by atoms with Crippen molar-refractivity contribution >= 4 is 17.5 Å². The smallest absolute Gasteiger partial charge is 0.227 e. The zero-order valence-electron chi connectivity index (χ0n) is 12.5. The van der Waals surface area contributed by atoms with E-state index in [1.807, 2.05) is 30.3 Å². The van der Waals surface area contributed by atoms with Crippen molar-refractivity contribution in [1.82, 2.24) is 5.32 Å². The number of hydrogen-bond acceptors (Lipinski definition) is 2. The molecule has 1 atom stereocenters. The highest BCUT2D eigenvalue weighted by molar-refractivity contribution is 6.00. The van der Waals surface area contributed by atoms with Gasteiger partial charge in [-0.05, 0) is 29.8 Å². The van der Waals surface area contributed by atoms with Gasteiger partial charge in [-0.1, -0.05) is 30.3 Å². The molecule has 1 fully saturated rings. The van der Waals surface area contributed by atoms with Crippen molar-refractivity contribution in [3.63, 3.8) is 0 Å². The van der Waals surface area contributed by atoms with E-state index in [1.54, 1.807) is 17.0 Å². The molecule has 2 aromatic rings. The van der Waals surface area contributed by atoms with Crippen LogP contribution >= 0.6 is 0 Å². The standard InChI is InChI=1S/C18H17FN2O2/c19-15-8-6-13(7-9-15)11-20-18(23)14-10-17(22)21(12-14)16-4-2-1-3-5-16/h1-9,14H,10-12H2,(H,20,23)/t14-/m0/s1. The first-order valence-corrected chi connectivity index (χ1v) is 7.51. The summed E-state index contributed by atoms with van der Waals surface area (Å²) in [4.78, 5) is 26.0. The van der Waals surface area contributed by atoms with E-state index < -0.39 is 0 Å². The molecule has 23 heavy (non-hydrogen) atoms. The SMILES string of the molecule is O=C(NCc1ccc(F)cc1)[C@H]1CC(=O)N(c2ccccc2)C1. The van der Waals surface area contributed by atoms with Crippen molar-refractivity contribution in [2.75, 3.05) is 11.4 Å². The molecule has 0 radical (unpaired) electrons. The second-order valence-electron chi connectivity index (χ2n) is 5.59. The minimum absolute atomic E-state index is 0.0434. The Balaban J connectivity index is 1.58. The lowest BCUT2D eigenvalue weighted by molar-refractivity contribution is -0.126. The Hall–Kier alpha value is -2.69. The van der Waals surface area contributed by atoms with E-state index in [1.165, 1.54) is 12.1 Å². The summed E-state index contributed by atoms with van der Waals surface area (Å²) in [5, 5.41) is 2.81. The minimum Gasteiger partial charge on any atom is -0.352 e. The maximum atomic E-state index is 12.8. The average Bonchev–Trinajstić information content (AvgIpc) is 2.97. The molecule has 1 aliphatic heterocycles. The second kappa shape index (κ2) is 6.60. The van der Waals surface area contributed by atoms with Crippen molar-refractivity contribution in [2.24, 2.45) is 5.92 Å². The van der Waals surface area contributed by atoms with Gasteiger partial charge in [0.1, 0.15) is 5.82 Å². The van der Waals surface area contributed by atoms with Gasteiger partial charge in [-0.25, -0.2) is 4.39 Å². The lowest BCUT2D eigenvalue weighted by Crippen LogP contribution is -2.32. The Morgan fingerprint density at radius 1 is 1.13 bits per heavy atom. The van der Waals surface area contributed by atoms with Crippen LogP contribution in [0.25, 0.3) is 0 Å². The van der Waals surface area contributed by atoms with E-state index in [4.69, 9.17) is 0 Å². The molecule has 0 saturated carbocycles. The quantitative estimate of drug-likeness (QED) is 0.943. The summed E-state index contributed by atoms with van der Waals surface area (Å²) in [5.41, 5.74) is 1.63. The van der Waals surface area contributed by atoms with Gasteiger partial charge in [-0.15, -0.1) is 0 Å². The van der Waals surface area contributed by atoms with Crippen molar-refractivity contribution in [2.45, 2.75) is 13.0 Å². The number of carbonyl (C=O) groups is 2. The number of halogens is 1. The van der Waals surface area contributed by atoms with Crippen molar-refractivity contribution in [1.29, 1.82) is 0 Å². The van der Waals surface area contributed by atoms with E-state index >= 15 is 0 Å². The summed E-state index contributed by atoms with van der Waals surface area (Å²) in [6.07, 6.45) is 0.212. The number of anilines is 1. The normalized spacial score (nSPS) is 17.3. The van der Waals surface area contributed by atoms with E-state index in [0.717, 1.165) is 11.3 Å². The third-order valence-corrected chi connectivity index (χ3v) is 3.94. The molecule has 4 nitrogen and oxygen atoms in total. The van der Waals surface area contributed by atoms with Gasteiger partial charge in [-0.2, -0.15) is 0 Å². The van der Waals surface area contributed by atoms with E-state index in [-0.39, 0.29) is 30.0 Å². The van der Waals surface area contributed by atoms with Gasteiger partial charge >= 0.3 is 0 Å². The lowest BCUT2D eigenvalue weighted by atomic mass is 10.1. The molecule has 118 valence electrons. The van der Waals surface area contributed by atoms with Gasteiger partial charge in [0.25, 0.3) is 0 Å². The summed E-state index contributed by atoms with van der Waals surface area (Å²) in [6, 6.07) is 15.3. The second-order valence-corrected chi connectivity index (χ2v) is 5.59. The maximum absolute atomic E-state index is 12.8. The van der Waals surface area contributed by atoms with Gasteiger partial charge in [0.2, 0.25) is 11.8 Å². The fourth-order valence-electron chi connectivity index (χ4n) is 2.68. The number of amides is 2. The first-order valence-electron chi connectivity index (χ1n) is 7.51. The molecular formula is C18H17FN2O2. The van der Waals surface area contributed by atoms with Crippen LogP contribution < -0.4 is 10.2 Å². The lowest BCUT2D eigenvalue weighted by Gasteiger charge is -2.16. The zero-order valence-corrected chi connectivity index (χ0v) is 12.5. The summed E-state index contributed by atoms with van der Waals surface area (Å²) in [5.74, 6) is -0.859. The van der Waals surface area contributed by atoms with Gasteiger partial charge in [0.15, 0.2) is 0 Å². The Morgan fingerprint density at radius 3 is 2.52 bits per heavy atom. The first-order chi connectivity index (χ1) is 11.1. The van der Waals surface area contributed by atoms with E-state index in [0.29, 0.717) is 13.1 Å². The summed E-state index contributed by atoms with van der Waals surface area (Å²) < 4.78 is 12.8. The van der Waals surface area contributed by atoms with E-state index in [9.17, 15) is 14.0 Å². The number of rotatable bonds is 4. The molecule has 1 N–H and O–H groups in total. The highest BCUT2D eigenvalue weighted by atomic mass is 19.1. The molecule has 2 aromatic carbocycles. The third kappa shape index (κ3) is 3.56. The van der Waals surface area contributed by atoms with Crippen LogP contribution in [0.15, 0.2) is 54.6 Å². The predicted octanol–water partition coefficient (Wildman–Crippen LogP) is 2.50. The van der Waals surface area contributed by atoms with Crippen LogP contribution in [-0.2, 0) is 16.1 Å². The van der Waals surface area contributed by atoms with E-state index in [2.05, 4.69) is 5.32 Å². The topological polar surface area (TPSA) is 49.4 Å². The Bertz CT molecular complexity index is 701. The molecule has 0 bridgehead atoms.